The lowest BCUT2D eigenvalue weighted by Crippen LogP contribution is -2.23. The van der Waals surface area contributed by atoms with Gasteiger partial charge in [-0.15, -0.1) is 0 Å². The number of hydrogen-bond donors (Lipinski definition) is 1. The molecule has 0 saturated heterocycles. The fraction of sp³-hybridized carbons (Fsp3) is 0.929. The van der Waals surface area contributed by atoms with Crippen molar-refractivity contribution in [3.05, 3.63) is 0 Å². The van der Waals surface area contributed by atoms with Crippen LogP contribution in [0.1, 0.15) is 46.5 Å². The van der Waals surface area contributed by atoms with Crippen LogP contribution >= 0.6 is 0 Å². The van der Waals surface area contributed by atoms with Gasteiger partial charge in [0.15, 0.2) is 0 Å². The Morgan fingerprint density at radius 1 is 0.947 bits per heavy atom. The molecule has 0 fully saturated rings. The van der Waals surface area contributed by atoms with Gasteiger partial charge in [0.1, 0.15) is 5.60 Å². The molecule has 0 amide bonds. The Bertz CT molecular complexity index is 226. The van der Waals surface area contributed by atoms with E-state index in [9.17, 15) is 4.79 Å². The van der Waals surface area contributed by atoms with E-state index >= 15 is 0 Å². The Labute approximate surface area is 116 Å². The predicted molar refractivity (Wildman–Crippen MR) is 75.0 cm³/mol. The van der Waals surface area contributed by atoms with E-state index in [1.165, 1.54) is 0 Å². The molecule has 19 heavy (non-hydrogen) atoms. The number of ether oxygens (including phenoxy) is 3. The molecule has 0 aliphatic rings. The first-order valence-electron chi connectivity index (χ1n) is 7.03. The summed E-state index contributed by atoms with van der Waals surface area (Å²) >= 11 is 0. The first-order valence-corrected chi connectivity index (χ1v) is 7.03. The fourth-order valence-electron chi connectivity index (χ4n) is 1.37. The maximum absolute atomic E-state index is 11.4. The van der Waals surface area contributed by atoms with E-state index < -0.39 is 5.60 Å². The number of nitrogens with two attached hydrogens (primary N) is 1. The highest BCUT2D eigenvalue weighted by Crippen LogP contribution is 2.09. The number of unbranched alkanes of at least 4 members (excludes halogenated alkanes) is 1. The maximum Gasteiger partial charge on any atom is 0.306 e. The molecule has 0 unspecified atom stereocenters. The molecular formula is C14H29NO4. The maximum atomic E-state index is 11.4. The number of esters is 1. The van der Waals surface area contributed by atoms with Crippen molar-refractivity contribution in [2.75, 3.05) is 33.0 Å². The highest BCUT2D eigenvalue weighted by molar-refractivity contribution is 5.69. The quantitative estimate of drug-likeness (QED) is 0.460. The topological polar surface area (TPSA) is 70.8 Å². The minimum atomic E-state index is -0.394. The van der Waals surface area contributed by atoms with Gasteiger partial charge in [0, 0.05) is 19.6 Å². The van der Waals surface area contributed by atoms with Crippen molar-refractivity contribution in [1.82, 2.24) is 0 Å². The zero-order valence-corrected chi connectivity index (χ0v) is 12.6. The molecule has 0 spiro atoms. The molecule has 0 rings (SSSR count). The monoisotopic (exact) mass is 275 g/mol. The highest BCUT2D eigenvalue weighted by Gasteiger charge is 2.15. The van der Waals surface area contributed by atoms with E-state index in [1.54, 1.807) is 0 Å². The molecule has 2 N–H and O–H groups in total. The predicted octanol–water partition coefficient (Wildman–Crippen LogP) is 1.88. The first kappa shape index (κ1) is 18.4. The van der Waals surface area contributed by atoms with Crippen LogP contribution in [0.5, 0.6) is 0 Å². The van der Waals surface area contributed by atoms with Gasteiger partial charge in [-0.2, -0.15) is 0 Å². The van der Waals surface area contributed by atoms with Crippen LogP contribution < -0.4 is 5.73 Å². The van der Waals surface area contributed by atoms with Crippen molar-refractivity contribution in [3.8, 4) is 0 Å². The van der Waals surface area contributed by atoms with Crippen LogP contribution in [0.2, 0.25) is 0 Å². The third-order valence-electron chi connectivity index (χ3n) is 2.20. The molecule has 114 valence electrons. The first-order chi connectivity index (χ1) is 8.95. The summed E-state index contributed by atoms with van der Waals surface area (Å²) in [5.74, 6) is -0.141. The van der Waals surface area contributed by atoms with Gasteiger partial charge in [-0.05, 0) is 46.6 Å². The van der Waals surface area contributed by atoms with Gasteiger partial charge in [0.2, 0.25) is 0 Å². The Balaban J connectivity index is 3.21. The molecule has 0 aliphatic heterocycles. The van der Waals surface area contributed by atoms with E-state index in [0.717, 1.165) is 19.3 Å². The lowest BCUT2D eigenvalue weighted by Gasteiger charge is -2.19. The van der Waals surface area contributed by atoms with Crippen LogP contribution in [0.4, 0.5) is 0 Å². The standard InChI is InChI=1S/C14H29NO4/c1-14(2,3)19-13(16)7-4-5-9-17-11-12-18-10-6-8-15/h4-12,15H2,1-3H3. The molecule has 0 bridgehead atoms. The van der Waals surface area contributed by atoms with Gasteiger partial charge in [-0.3, -0.25) is 4.79 Å². The highest BCUT2D eigenvalue weighted by atomic mass is 16.6. The molecule has 5 heteroatoms. The molecule has 0 aliphatic carbocycles. The molecule has 0 atom stereocenters. The van der Waals surface area contributed by atoms with Crippen molar-refractivity contribution in [1.29, 1.82) is 0 Å². The van der Waals surface area contributed by atoms with Crippen molar-refractivity contribution in [2.24, 2.45) is 5.73 Å². The van der Waals surface area contributed by atoms with Gasteiger partial charge < -0.3 is 19.9 Å². The molecule has 0 saturated carbocycles. The van der Waals surface area contributed by atoms with E-state index in [-0.39, 0.29) is 5.97 Å². The summed E-state index contributed by atoms with van der Waals surface area (Å²) in [6, 6.07) is 0. The summed E-state index contributed by atoms with van der Waals surface area (Å²) in [5, 5.41) is 0. The van der Waals surface area contributed by atoms with Gasteiger partial charge in [-0.25, -0.2) is 0 Å². The van der Waals surface area contributed by atoms with Crippen LogP contribution in [0, 0.1) is 0 Å². The average molecular weight is 275 g/mol. The number of carbonyl (C=O) groups is 1. The molecule has 0 aromatic rings. The van der Waals surface area contributed by atoms with Gasteiger partial charge in [0.05, 0.1) is 13.2 Å². The van der Waals surface area contributed by atoms with Gasteiger partial charge in [0.25, 0.3) is 0 Å². The Hall–Kier alpha value is -0.650. The van der Waals surface area contributed by atoms with E-state index in [0.29, 0.717) is 39.4 Å². The van der Waals surface area contributed by atoms with E-state index in [1.807, 2.05) is 20.8 Å². The largest absolute Gasteiger partial charge is 0.460 e. The second-order valence-electron chi connectivity index (χ2n) is 5.41. The third-order valence-corrected chi connectivity index (χ3v) is 2.20. The number of rotatable bonds is 11. The Morgan fingerprint density at radius 2 is 1.53 bits per heavy atom. The summed E-state index contributed by atoms with van der Waals surface area (Å²) in [6.45, 7) is 8.83. The second kappa shape index (κ2) is 11.2. The Morgan fingerprint density at radius 3 is 2.05 bits per heavy atom. The molecule has 0 radical (unpaired) electrons. The van der Waals surface area contributed by atoms with Crippen molar-refractivity contribution >= 4 is 5.97 Å². The normalized spacial score (nSPS) is 11.6. The van der Waals surface area contributed by atoms with Gasteiger partial charge in [-0.1, -0.05) is 0 Å². The second-order valence-corrected chi connectivity index (χ2v) is 5.41. The van der Waals surface area contributed by atoms with Crippen LogP contribution in [0.25, 0.3) is 0 Å². The number of hydrogen-bond acceptors (Lipinski definition) is 5. The van der Waals surface area contributed by atoms with Crippen molar-refractivity contribution < 1.29 is 19.0 Å². The SMILES string of the molecule is CC(C)(C)OC(=O)CCCCOCCOCCCN. The van der Waals surface area contributed by atoms with Crippen LogP contribution in [0.3, 0.4) is 0 Å². The van der Waals surface area contributed by atoms with Crippen molar-refractivity contribution in [3.63, 3.8) is 0 Å². The molecule has 0 aromatic heterocycles. The third kappa shape index (κ3) is 15.3. The van der Waals surface area contributed by atoms with Gasteiger partial charge >= 0.3 is 5.97 Å². The summed E-state index contributed by atoms with van der Waals surface area (Å²) in [6.07, 6.45) is 2.99. The molecule has 0 heterocycles. The van der Waals surface area contributed by atoms with Crippen molar-refractivity contribution in [2.45, 2.75) is 52.1 Å². The summed E-state index contributed by atoms with van der Waals surface area (Å²) in [5.41, 5.74) is 4.94. The van der Waals surface area contributed by atoms with E-state index in [4.69, 9.17) is 19.9 Å². The zero-order valence-electron chi connectivity index (χ0n) is 12.6. The van der Waals surface area contributed by atoms with Crippen LogP contribution in [-0.2, 0) is 19.0 Å². The molecule has 5 nitrogen and oxygen atoms in total. The summed E-state index contributed by atoms with van der Waals surface area (Å²) < 4.78 is 15.9. The lowest BCUT2D eigenvalue weighted by atomic mass is 10.2. The molecular weight excluding hydrogens is 246 g/mol. The van der Waals surface area contributed by atoms with E-state index in [2.05, 4.69) is 0 Å². The smallest absolute Gasteiger partial charge is 0.306 e. The summed E-state index contributed by atoms with van der Waals surface area (Å²) in [7, 11) is 0. The fourth-order valence-corrected chi connectivity index (χ4v) is 1.37. The Kier molecular flexibility index (Phi) is 10.8. The number of carbonyl (C=O) groups excluding carboxylic acids is 1. The molecule has 0 aromatic carbocycles. The zero-order chi connectivity index (χ0) is 14.6. The minimum absolute atomic E-state index is 0.141. The van der Waals surface area contributed by atoms with Crippen LogP contribution in [0.15, 0.2) is 0 Å². The average Bonchev–Trinajstić information content (AvgIpc) is 2.29. The minimum Gasteiger partial charge on any atom is -0.460 e. The van der Waals surface area contributed by atoms with Crippen LogP contribution in [-0.4, -0.2) is 44.5 Å². The lowest BCUT2D eigenvalue weighted by molar-refractivity contribution is -0.154. The summed E-state index contributed by atoms with van der Waals surface area (Å²) in [4.78, 5) is 11.4.